The molecule has 0 atom stereocenters. The highest BCUT2D eigenvalue weighted by Crippen LogP contribution is 2.06. The summed E-state index contributed by atoms with van der Waals surface area (Å²) in [4.78, 5) is 35.7. The smallest absolute Gasteiger partial charge is 0.408 e. The quantitative estimate of drug-likeness (QED) is 0.609. The molecule has 0 radical (unpaired) electrons. The standard InChI is InChI=1S/C14H27N3O4/c1-6-8-15-11(18)10(12(19)16-9-7-2)17-13(20)21-14(3,4)5/h10H,6-9H2,1-5H3,(H,15,18)(H,16,19)(H,17,20). The van der Waals surface area contributed by atoms with Crippen molar-refractivity contribution in [3.05, 3.63) is 0 Å². The third kappa shape index (κ3) is 8.88. The van der Waals surface area contributed by atoms with Crippen molar-refractivity contribution < 1.29 is 19.1 Å². The Labute approximate surface area is 126 Å². The number of ether oxygens (including phenoxy) is 1. The number of hydrogen-bond donors (Lipinski definition) is 3. The zero-order valence-electron chi connectivity index (χ0n) is 13.5. The number of nitrogens with one attached hydrogen (secondary N) is 3. The van der Waals surface area contributed by atoms with Crippen LogP contribution in [-0.4, -0.2) is 42.6 Å². The number of carbonyl (C=O) groups excluding carboxylic acids is 3. The van der Waals surface area contributed by atoms with Crippen LogP contribution in [-0.2, 0) is 14.3 Å². The van der Waals surface area contributed by atoms with Gasteiger partial charge in [0.25, 0.3) is 11.8 Å². The fraction of sp³-hybridized carbons (Fsp3) is 0.786. The van der Waals surface area contributed by atoms with Crippen molar-refractivity contribution in [1.29, 1.82) is 0 Å². The Kier molecular flexibility index (Phi) is 8.42. The molecule has 0 bridgehead atoms. The molecule has 0 aliphatic carbocycles. The maximum Gasteiger partial charge on any atom is 0.408 e. The second-order valence-electron chi connectivity index (χ2n) is 5.66. The fourth-order valence-electron chi connectivity index (χ4n) is 1.38. The van der Waals surface area contributed by atoms with Gasteiger partial charge >= 0.3 is 6.09 Å². The summed E-state index contributed by atoms with van der Waals surface area (Å²) in [6.45, 7) is 9.78. The third-order valence-electron chi connectivity index (χ3n) is 2.28. The Morgan fingerprint density at radius 1 is 0.952 bits per heavy atom. The van der Waals surface area contributed by atoms with Gasteiger partial charge in [0.05, 0.1) is 0 Å². The van der Waals surface area contributed by atoms with E-state index in [0.29, 0.717) is 13.1 Å². The van der Waals surface area contributed by atoms with Crippen molar-refractivity contribution in [3.63, 3.8) is 0 Å². The fourth-order valence-corrected chi connectivity index (χ4v) is 1.38. The monoisotopic (exact) mass is 301 g/mol. The van der Waals surface area contributed by atoms with Crippen molar-refractivity contribution in [3.8, 4) is 0 Å². The second kappa shape index (κ2) is 9.20. The summed E-state index contributed by atoms with van der Waals surface area (Å²) >= 11 is 0. The van der Waals surface area contributed by atoms with Crippen LogP contribution in [0.4, 0.5) is 4.79 Å². The van der Waals surface area contributed by atoms with Crippen LogP contribution in [0.25, 0.3) is 0 Å². The lowest BCUT2D eigenvalue weighted by Crippen LogP contribution is -2.56. The van der Waals surface area contributed by atoms with Crippen molar-refractivity contribution in [1.82, 2.24) is 16.0 Å². The van der Waals surface area contributed by atoms with E-state index in [2.05, 4.69) is 16.0 Å². The molecule has 0 aromatic heterocycles. The predicted molar refractivity (Wildman–Crippen MR) is 79.8 cm³/mol. The molecular weight excluding hydrogens is 274 g/mol. The van der Waals surface area contributed by atoms with Gasteiger partial charge in [-0.05, 0) is 33.6 Å². The van der Waals surface area contributed by atoms with Crippen LogP contribution in [0.1, 0.15) is 47.5 Å². The lowest BCUT2D eigenvalue weighted by molar-refractivity contribution is -0.132. The van der Waals surface area contributed by atoms with Gasteiger partial charge in [-0.15, -0.1) is 0 Å². The van der Waals surface area contributed by atoms with Gasteiger partial charge < -0.3 is 20.7 Å². The number of alkyl carbamates (subject to hydrolysis) is 1. The lowest BCUT2D eigenvalue weighted by atomic mass is 10.2. The van der Waals surface area contributed by atoms with Gasteiger partial charge in [0.15, 0.2) is 6.04 Å². The molecule has 0 aliphatic rings. The first-order chi connectivity index (χ1) is 9.71. The molecule has 21 heavy (non-hydrogen) atoms. The van der Waals surface area contributed by atoms with E-state index in [1.807, 2.05) is 13.8 Å². The Morgan fingerprint density at radius 2 is 1.38 bits per heavy atom. The highest BCUT2D eigenvalue weighted by molar-refractivity contribution is 6.06. The van der Waals surface area contributed by atoms with E-state index in [1.54, 1.807) is 20.8 Å². The maximum absolute atomic E-state index is 12.0. The molecule has 122 valence electrons. The topological polar surface area (TPSA) is 96.5 Å². The molecular formula is C14H27N3O4. The van der Waals surface area contributed by atoms with E-state index in [9.17, 15) is 14.4 Å². The zero-order valence-corrected chi connectivity index (χ0v) is 13.5. The molecule has 0 aromatic rings. The van der Waals surface area contributed by atoms with E-state index in [4.69, 9.17) is 4.74 Å². The average molecular weight is 301 g/mol. The summed E-state index contributed by atoms with van der Waals surface area (Å²) < 4.78 is 5.07. The Morgan fingerprint density at radius 3 is 1.71 bits per heavy atom. The molecule has 0 heterocycles. The predicted octanol–water partition coefficient (Wildman–Crippen LogP) is 0.932. The van der Waals surface area contributed by atoms with Crippen LogP contribution in [0.15, 0.2) is 0 Å². The molecule has 7 nitrogen and oxygen atoms in total. The third-order valence-corrected chi connectivity index (χ3v) is 2.28. The van der Waals surface area contributed by atoms with Crippen LogP contribution in [0.2, 0.25) is 0 Å². The first kappa shape index (κ1) is 19.2. The summed E-state index contributed by atoms with van der Waals surface area (Å²) in [6.07, 6.45) is 0.675. The second-order valence-corrected chi connectivity index (χ2v) is 5.66. The molecule has 7 heteroatoms. The molecule has 0 rings (SSSR count). The summed E-state index contributed by atoms with van der Waals surface area (Å²) in [5.41, 5.74) is -0.700. The molecule has 0 saturated carbocycles. The summed E-state index contributed by atoms with van der Waals surface area (Å²) in [7, 11) is 0. The minimum Gasteiger partial charge on any atom is -0.444 e. The van der Waals surface area contributed by atoms with Crippen LogP contribution in [0.5, 0.6) is 0 Å². The molecule has 0 aliphatic heterocycles. The average Bonchev–Trinajstić information content (AvgIpc) is 2.37. The lowest BCUT2D eigenvalue weighted by Gasteiger charge is -2.23. The van der Waals surface area contributed by atoms with E-state index >= 15 is 0 Å². The first-order valence-electron chi connectivity index (χ1n) is 7.26. The molecule has 0 fully saturated rings. The maximum atomic E-state index is 12.0. The molecule has 0 spiro atoms. The van der Waals surface area contributed by atoms with Crippen molar-refractivity contribution in [2.75, 3.05) is 13.1 Å². The summed E-state index contributed by atoms with van der Waals surface area (Å²) in [5, 5.41) is 7.48. The molecule has 3 N–H and O–H groups in total. The van der Waals surface area contributed by atoms with Gasteiger partial charge in [-0.3, -0.25) is 9.59 Å². The SMILES string of the molecule is CCCNC(=O)C(NC(=O)OC(C)(C)C)C(=O)NCCC. The van der Waals surface area contributed by atoms with Crippen molar-refractivity contribution >= 4 is 17.9 Å². The van der Waals surface area contributed by atoms with Gasteiger partial charge in [-0.2, -0.15) is 0 Å². The van der Waals surface area contributed by atoms with E-state index in [-0.39, 0.29) is 0 Å². The highest BCUT2D eigenvalue weighted by atomic mass is 16.6. The number of hydrogen-bond acceptors (Lipinski definition) is 4. The van der Waals surface area contributed by atoms with Crippen LogP contribution < -0.4 is 16.0 Å². The van der Waals surface area contributed by atoms with Gasteiger partial charge in [0.1, 0.15) is 5.60 Å². The number of amides is 3. The Balaban J connectivity index is 4.75. The van der Waals surface area contributed by atoms with Crippen molar-refractivity contribution in [2.24, 2.45) is 0 Å². The van der Waals surface area contributed by atoms with Crippen LogP contribution >= 0.6 is 0 Å². The Bertz CT molecular complexity index is 344. The minimum absolute atomic E-state index is 0.437. The summed E-state index contributed by atoms with van der Waals surface area (Å²) in [6, 6.07) is -1.29. The minimum atomic E-state index is -1.29. The first-order valence-corrected chi connectivity index (χ1v) is 7.26. The molecule has 0 saturated heterocycles. The number of carbonyl (C=O) groups is 3. The van der Waals surface area contributed by atoms with Gasteiger partial charge in [-0.1, -0.05) is 13.8 Å². The van der Waals surface area contributed by atoms with E-state index in [0.717, 1.165) is 12.8 Å². The molecule has 0 aromatic carbocycles. The molecule has 0 unspecified atom stereocenters. The van der Waals surface area contributed by atoms with Gasteiger partial charge in [0.2, 0.25) is 0 Å². The summed E-state index contributed by atoms with van der Waals surface area (Å²) in [5.74, 6) is -1.09. The van der Waals surface area contributed by atoms with Crippen LogP contribution in [0, 0.1) is 0 Å². The van der Waals surface area contributed by atoms with E-state index < -0.39 is 29.6 Å². The van der Waals surface area contributed by atoms with Crippen LogP contribution in [0.3, 0.4) is 0 Å². The zero-order chi connectivity index (χ0) is 16.5. The molecule has 3 amide bonds. The normalized spacial score (nSPS) is 11.0. The van der Waals surface area contributed by atoms with Gasteiger partial charge in [-0.25, -0.2) is 4.79 Å². The number of rotatable bonds is 7. The van der Waals surface area contributed by atoms with Crippen molar-refractivity contribution in [2.45, 2.75) is 59.1 Å². The Hall–Kier alpha value is -1.79. The highest BCUT2D eigenvalue weighted by Gasteiger charge is 2.29. The van der Waals surface area contributed by atoms with Gasteiger partial charge in [0, 0.05) is 13.1 Å². The van der Waals surface area contributed by atoms with E-state index in [1.165, 1.54) is 0 Å². The largest absolute Gasteiger partial charge is 0.444 e.